The minimum Gasteiger partial charge on any atom is -0.497 e. The zero-order chi connectivity index (χ0) is 22.3. The summed E-state index contributed by atoms with van der Waals surface area (Å²) in [4.78, 5) is 13.5. The molecule has 4 N–H and O–H groups in total. The Morgan fingerprint density at radius 3 is 1.81 bits per heavy atom. The van der Waals surface area contributed by atoms with Gasteiger partial charge in [0.2, 0.25) is 17.8 Å². The van der Waals surface area contributed by atoms with Gasteiger partial charge in [-0.2, -0.15) is 15.0 Å². The molecular formula is C24H24N6O2. The van der Waals surface area contributed by atoms with Crippen LogP contribution in [0.1, 0.15) is 11.1 Å². The van der Waals surface area contributed by atoms with Crippen LogP contribution in [0.25, 0.3) is 0 Å². The van der Waals surface area contributed by atoms with E-state index in [2.05, 4.69) is 30.9 Å². The zero-order valence-electron chi connectivity index (χ0n) is 17.8. The van der Waals surface area contributed by atoms with E-state index in [0.29, 0.717) is 17.8 Å². The molecule has 32 heavy (non-hydrogen) atoms. The predicted octanol–water partition coefficient (Wildman–Crippen LogP) is 4.91. The maximum atomic E-state index is 9.41. The van der Waals surface area contributed by atoms with Gasteiger partial charge in [0.1, 0.15) is 5.75 Å². The van der Waals surface area contributed by atoms with Gasteiger partial charge in [-0.15, -0.1) is 0 Å². The highest BCUT2D eigenvalue weighted by Crippen LogP contribution is 2.23. The molecule has 0 spiro atoms. The second-order valence-electron chi connectivity index (χ2n) is 7.14. The first kappa shape index (κ1) is 21.1. The SMILES string of the molecule is COc1cccc(Nc2nc(Nc3cccc(C)c3)nc(Nc3cccc(CO)c3)n2)c1. The number of aromatic nitrogens is 3. The lowest BCUT2D eigenvalue weighted by Gasteiger charge is -2.12. The third-order valence-electron chi connectivity index (χ3n) is 4.60. The molecule has 8 nitrogen and oxygen atoms in total. The number of aryl methyl sites for hydroxylation is 1. The van der Waals surface area contributed by atoms with Crippen LogP contribution in [0.4, 0.5) is 34.9 Å². The monoisotopic (exact) mass is 428 g/mol. The van der Waals surface area contributed by atoms with Crippen LogP contribution in [0.15, 0.2) is 72.8 Å². The molecular weight excluding hydrogens is 404 g/mol. The van der Waals surface area contributed by atoms with E-state index in [4.69, 9.17) is 4.74 Å². The highest BCUT2D eigenvalue weighted by Gasteiger charge is 2.09. The molecule has 8 heteroatoms. The molecule has 162 valence electrons. The molecule has 1 heterocycles. The second kappa shape index (κ2) is 9.76. The van der Waals surface area contributed by atoms with Crippen molar-refractivity contribution in [2.24, 2.45) is 0 Å². The first-order valence-electron chi connectivity index (χ1n) is 10.1. The van der Waals surface area contributed by atoms with E-state index in [9.17, 15) is 5.11 Å². The fraction of sp³-hybridized carbons (Fsp3) is 0.125. The molecule has 0 atom stereocenters. The van der Waals surface area contributed by atoms with Crippen LogP contribution in [0.2, 0.25) is 0 Å². The number of aliphatic hydroxyl groups excluding tert-OH is 1. The average Bonchev–Trinajstić information content (AvgIpc) is 2.79. The molecule has 4 rings (SSSR count). The predicted molar refractivity (Wildman–Crippen MR) is 126 cm³/mol. The fourth-order valence-corrected chi connectivity index (χ4v) is 3.10. The smallest absolute Gasteiger partial charge is 0.233 e. The largest absolute Gasteiger partial charge is 0.497 e. The van der Waals surface area contributed by atoms with E-state index in [-0.39, 0.29) is 6.61 Å². The Kier molecular flexibility index (Phi) is 6.43. The van der Waals surface area contributed by atoms with Gasteiger partial charge in [0.05, 0.1) is 13.7 Å². The number of rotatable bonds is 8. The Morgan fingerprint density at radius 2 is 1.25 bits per heavy atom. The number of nitrogens with zero attached hydrogens (tertiary/aromatic N) is 3. The molecule has 0 aliphatic carbocycles. The fourth-order valence-electron chi connectivity index (χ4n) is 3.10. The molecule has 1 aromatic heterocycles. The third kappa shape index (κ3) is 5.50. The summed E-state index contributed by atoms with van der Waals surface area (Å²) in [5.74, 6) is 1.83. The van der Waals surface area contributed by atoms with Crippen LogP contribution in [0.3, 0.4) is 0 Å². The number of benzene rings is 3. The maximum absolute atomic E-state index is 9.41. The standard InChI is InChI=1S/C24H24N6O2/c1-16-6-3-8-18(12-16)25-22-28-23(26-19-9-4-7-17(13-19)15-31)30-24(29-22)27-20-10-5-11-21(14-20)32-2/h3-14,31H,15H2,1-2H3,(H3,25,26,27,28,29,30). The van der Waals surface area contributed by atoms with Crippen molar-refractivity contribution in [3.05, 3.63) is 83.9 Å². The number of hydrogen-bond donors (Lipinski definition) is 4. The molecule has 0 aliphatic heterocycles. The summed E-state index contributed by atoms with van der Waals surface area (Å²) in [5, 5.41) is 19.0. The summed E-state index contributed by atoms with van der Waals surface area (Å²) in [6, 6.07) is 22.9. The van der Waals surface area contributed by atoms with Crippen LogP contribution in [0, 0.1) is 6.92 Å². The molecule has 4 aromatic rings. The maximum Gasteiger partial charge on any atom is 0.233 e. The highest BCUT2D eigenvalue weighted by molar-refractivity contribution is 5.63. The number of ether oxygens (including phenoxy) is 1. The minimum absolute atomic E-state index is 0.0461. The van der Waals surface area contributed by atoms with Crippen molar-refractivity contribution in [1.29, 1.82) is 0 Å². The number of nitrogens with one attached hydrogen (secondary N) is 3. The first-order valence-corrected chi connectivity index (χ1v) is 10.1. The van der Waals surface area contributed by atoms with Crippen LogP contribution < -0.4 is 20.7 Å². The first-order chi connectivity index (χ1) is 15.6. The lowest BCUT2D eigenvalue weighted by atomic mass is 10.2. The van der Waals surface area contributed by atoms with Crippen molar-refractivity contribution < 1.29 is 9.84 Å². The summed E-state index contributed by atoms with van der Waals surface area (Å²) in [6.07, 6.45) is 0. The molecule has 0 saturated carbocycles. The van der Waals surface area contributed by atoms with Crippen molar-refractivity contribution in [3.8, 4) is 5.75 Å². The van der Waals surface area contributed by atoms with Crippen LogP contribution in [-0.4, -0.2) is 27.2 Å². The van der Waals surface area contributed by atoms with Crippen LogP contribution >= 0.6 is 0 Å². The Labute approximate surface area is 186 Å². The van der Waals surface area contributed by atoms with Gasteiger partial charge in [-0.1, -0.05) is 30.3 Å². The average molecular weight is 428 g/mol. The molecule has 0 saturated heterocycles. The quantitative estimate of drug-likeness (QED) is 0.314. The van der Waals surface area contributed by atoms with Crippen molar-refractivity contribution in [1.82, 2.24) is 15.0 Å². The third-order valence-corrected chi connectivity index (χ3v) is 4.60. The molecule has 0 amide bonds. The summed E-state index contributed by atoms with van der Waals surface area (Å²) in [7, 11) is 1.62. The van der Waals surface area contributed by atoms with Crippen molar-refractivity contribution in [2.75, 3.05) is 23.1 Å². The molecule has 3 aromatic carbocycles. The second-order valence-corrected chi connectivity index (χ2v) is 7.14. The van der Waals surface area contributed by atoms with Gasteiger partial charge in [0.25, 0.3) is 0 Å². The number of aliphatic hydroxyl groups is 1. The van der Waals surface area contributed by atoms with Gasteiger partial charge in [-0.3, -0.25) is 0 Å². The van der Waals surface area contributed by atoms with Gasteiger partial charge in [0, 0.05) is 23.1 Å². The van der Waals surface area contributed by atoms with E-state index in [1.807, 2.05) is 79.7 Å². The topological polar surface area (TPSA) is 104 Å². The van der Waals surface area contributed by atoms with E-state index in [0.717, 1.165) is 33.9 Å². The number of methoxy groups -OCH3 is 1. The lowest BCUT2D eigenvalue weighted by Crippen LogP contribution is -2.07. The molecule has 0 radical (unpaired) electrons. The minimum atomic E-state index is -0.0461. The molecule has 0 fully saturated rings. The zero-order valence-corrected chi connectivity index (χ0v) is 17.8. The van der Waals surface area contributed by atoms with E-state index < -0.39 is 0 Å². The Morgan fingerprint density at radius 1 is 0.719 bits per heavy atom. The van der Waals surface area contributed by atoms with Crippen LogP contribution in [-0.2, 0) is 6.61 Å². The molecule has 0 bridgehead atoms. The highest BCUT2D eigenvalue weighted by atomic mass is 16.5. The van der Waals surface area contributed by atoms with Crippen molar-refractivity contribution in [2.45, 2.75) is 13.5 Å². The summed E-state index contributed by atoms with van der Waals surface area (Å²) >= 11 is 0. The van der Waals surface area contributed by atoms with Crippen LogP contribution in [0.5, 0.6) is 5.75 Å². The van der Waals surface area contributed by atoms with Crippen molar-refractivity contribution >= 4 is 34.9 Å². The molecule has 0 aliphatic rings. The van der Waals surface area contributed by atoms with E-state index in [1.165, 1.54) is 0 Å². The van der Waals surface area contributed by atoms with Gasteiger partial charge in [-0.05, 0) is 54.4 Å². The van der Waals surface area contributed by atoms with E-state index >= 15 is 0 Å². The van der Waals surface area contributed by atoms with Crippen molar-refractivity contribution in [3.63, 3.8) is 0 Å². The van der Waals surface area contributed by atoms with Gasteiger partial charge in [-0.25, -0.2) is 0 Å². The Bertz CT molecular complexity index is 1150. The Hall–Kier alpha value is -4.17. The molecule has 0 unspecified atom stereocenters. The van der Waals surface area contributed by atoms with E-state index in [1.54, 1.807) is 7.11 Å². The van der Waals surface area contributed by atoms with Gasteiger partial charge in [0.15, 0.2) is 0 Å². The summed E-state index contributed by atoms with van der Waals surface area (Å²) in [5.41, 5.74) is 4.33. The van der Waals surface area contributed by atoms with Gasteiger partial charge < -0.3 is 25.8 Å². The number of anilines is 6. The van der Waals surface area contributed by atoms with Gasteiger partial charge >= 0.3 is 0 Å². The normalized spacial score (nSPS) is 10.5. The summed E-state index contributed by atoms with van der Waals surface area (Å²) < 4.78 is 5.29. The number of hydrogen-bond acceptors (Lipinski definition) is 8. The lowest BCUT2D eigenvalue weighted by molar-refractivity contribution is 0.282. The summed E-state index contributed by atoms with van der Waals surface area (Å²) in [6.45, 7) is 1.98. The Balaban J connectivity index is 1.66.